The molecule has 0 heterocycles. The lowest BCUT2D eigenvalue weighted by Crippen LogP contribution is -2.24. The van der Waals surface area contributed by atoms with Gasteiger partial charge in [0.25, 0.3) is 5.91 Å². The molecule has 2 aromatic carbocycles. The number of amides is 1. The summed E-state index contributed by atoms with van der Waals surface area (Å²) < 4.78 is 11.5. The van der Waals surface area contributed by atoms with Gasteiger partial charge in [0.2, 0.25) is 0 Å². The number of nitro groups is 1. The van der Waals surface area contributed by atoms with Gasteiger partial charge in [-0.05, 0) is 63.4 Å². The highest BCUT2D eigenvalue weighted by Crippen LogP contribution is 2.41. The maximum Gasteiger partial charge on any atom is 0.311 e. The van der Waals surface area contributed by atoms with Crippen LogP contribution in [0.2, 0.25) is 0 Å². The first-order valence-electron chi connectivity index (χ1n) is 8.28. The van der Waals surface area contributed by atoms with E-state index in [0.717, 1.165) is 0 Å². The van der Waals surface area contributed by atoms with Crippen LogP contribution in [0.5, 0.6) is 17.2 Å². The normalized spacial score (nSPS) is 10.8. The molecule has 1 amide bonds. The van der Waals surface area contributed by atoms with Crippen LogP contribution in [-0.2, 0) is 4.79 Å². The second-order valence-electron chi connectivity index (χ2n) is 5.68. The quantitative estimate of drug-likeness (QED) is 0.301. The highest BCUT2D eigenvalue weighted by molar-refractivity contribution is 9.13. The summed E-state index contributed by atoms with van der Waals surface area (Å²) in [6.07, 6.45) is 1.35. The van der Waals surface area contributed by atoms with Gasteiger partial charge in [0.05, 0.1) is 22.2 Å². The number of aryl methyl sites for hydroxylation is 1. The van der Waals surface area contributed by atoms with Gasteiger partial charge < -0.3 is 14.6 Å². The van der Waals surface area contributed by atoms with E-state index in [2.05, 4.69) is 42.4 Å². The minimum absolute atomic E-state index is 0.00806. The number of nitrogens with zero attached hydrogens (tertiary/aromatic N) is 2. The van der Waals surface area contributed by atoms with Crippen LogP contribution in [0.1, 0.15) is 18.1 Å². The second kappa shape index (κ2) is 10.2. The zero-order chi connectivity index (χ0) is 21.6. The Balaban J connectivity index is 2.03. The number of carbonyl (C=O) groups is 1. The molecule has 154 valence electrons. The number of nitrogens with one attached hydrogen (secondary N) is 1. The zero-order valence-corrected chi connectivity index (χ0v) is 18.6. The fourth-order valence-electron chi connectivity index (χ4n) is 2.21. The summed E-state index contributed by atoms with van der Waals surface area (Å²) in [6, 6.07) is 6.00. The van der Waals surface area contributed by atoms with Crippen LogP contribution in [0.25, 0.3) is 0 Å². The van der Waals surface area contributed by atoms with Crippen LogP contribution in [0.15, 0.2) is 38.3 Å². The van der Waals surface area contributed by atoms with Crippen molar-refractivity contribution in [3.63, 3.8) is 0 Å². The molecule has 0 aromatic heterocycles. The molecule has 29 heavy (non-hydrogen) atoms. The van der Waals surface area contributed by atoms with Crippen molar-refractivity contribution in [3.8, 4) is 17.2 Å². The van der Waals surface area contributed by atoms with Gasteiger partial charge in [-0.25, -0.2) is 5.43 Å². The maximum atomic E-state index is 11.9. The molecule has 0 bridgehead atoms. The fourth-order valence-corrected chi connectivity index (χ4v) is 3.04. The zero-order valence-electron chi connectivity index (χ0n) is 15.4. The molecule has 2 rings (SSSR count). The largest absolute Gasteiger partial charge is 0.503 e. The molecule has 0 aliphatic carbocycles. The number of hydrogen-bond donors (Lipinski definition) is 2. The van der Waals surface area contributed by atoms with Crippen molar-refractivity contribution in [3.05, 3.63) is 54.5 Å². The number of hydrogen-bond acceptors (Lipinski definition) is 7. The Morgan fingerprint density at radius 3 is 2.66 bits per heavy atom. The highest BCUT2D eigenvalue weighted by Gasteiger charge is 2.17. The van der Waals surface area contributed by atoms with Crippen LogP contribution in [0.3, 0.4) is 0 Å². The van der Waals surface area contributed by atoms with Crippen LogP contribution in [0.4, 0.5) is 5.69 Å². The molecule has 9 nitrogen and oxygen atoms in total. The third kappa shape index (κ3) is 5.91. The molecule has 0 aliphatic rings. The number of rotatable bonds is 8. The minimum atomic E-state index is -0.602. The predicted molar refractivity (Wildman–Crippen MR) is 114 cm³/mol. The van der Waals surface area contributed by atoms with Crippen LogP contribution in [-0.4, -0.2) is 35.4 Å². The highest BCUT2D eigenvalue weighted by atomic mass is 79.9. The molecule has 0 unspecified atom stereocenters. The lowest BCUT2D eigenvalue weighted by Gasteiger charge is -2.11. The summed E-state index contributed by atoms with van der Waals surface area (Å²) in [6.45, 7) is 3.40. The smallest absolute Gasteiger partial charge is 0.311 e. The summed E-state index contributed by atoms with van der Waals surface area (Å²) >= 11 is 6.56. The van der Waals surface area contributed by atoms with E-state index in [9.17, 15) is 20.0 Å². The number of benzene rings is 2. The Hall–Kier alpha value is -2.66. The molecule has 0 spiro atoms. The second-order valence-corrected chi connectivity index (χ2v) is 7.27. The van der Waals surface area contributed by atoms with Crippen molar-refractivity contribution in [1.29, 1.82) is 0 Å². The van der Waals surface area contributed by atoms with Crippen molar-refractivity contribution < 1.29 is 24.3 Å². The van der Waals surface area contributed by atoms with Crippen molar-refractivity contribution in [1.82, 2.24) is 5.43 Å². The lowest BCUT2D eigenvalue weighted by molar-refractivity contribution is -0.385. The van der Waals surface area contributed by atoms with E-state index < -0.39 is 17.4 Å². The maximum absolute atomic E-state index is 11.9. The number of carbonyl (C=O) groups excluding carboxylic acids is 1. The van der Waals surface area contributed by atoms with Gasteiger partial charge in [-0.15, -0.1) is 0 Å². The van der Waals surface area contributed by atoms with Crippen molar-refractivity contribution in [2.75, 3.05) is 13.2 Å². The van der Waals surface area contributed by atoms with Crippen molar-refractivity contribution >= 4 is 49.7 Å². The lowest BCUT2D eigenvalue weighted by atomic mass is 10.2. The molecule has 11 heteroatoms. The standard InChI is InChI=1S/C18H17Br2N3O6/c1-3-28-14-7-11(16(19)17(20)18(14)25)8-21-22-15(24)9-29-13-5-4-10(2)6-12(13)23(26)27/h4-8,25H,3,9H2,1-2H3,(H,22,24)/b21-8+. The molecular formula is C18H17Br2N3O6. The molecular weight excluding hydrogens is 514 g/mol. The summed E-state index contributed by atoms with van der Waals surface area (Å²) in [5.41, 5.74) is 3.29. The monoisotopic (exact) mass is 529 g/mol. The third-order valence-electron chi connectivity index (χ3n) is 3.54. The topological polar surface area (TPSA) is 123 Å². The Morgan fingerprint density at radius 1 is 1.28 bits per heavy atom. The molecule has 0 saturated heterocycles. The van der Waals surface area contributed by atoms with E-state index in [-0.39, 0.29) is 22.9 Å². The number of hydrazone groups is 1. The minimum Gasteiger partial charge on any atom is -0.503 e. The summed E-state index contributed by atoms with van der Waals surface area (Å²) in [7, 11) is 0. The van der Waals surface area contributed by atoms with E-state index in [4.69, 9.17) is 9.47 Å². The van der Waals surface area contributed by atoms with E-state index >= 15 is 0 Å². The molecule has 2 aromatic rings. The SMILES string of the molecule is CCOc1cc(/C=N/NC(=O)COc2ccc(C)cc2[N+](=O)[O-])c(Br)c(Br)c1O. The predicted octanol–water partition coefficient (Wildman–Crippen LogP) is 4.06. The number of phenolic OH excluding ortho intramolecular Hbond substituents is 1. The Labute approximate surface area is 183 Å². The Bertz CT molecular complexity index is 965. The molecule has 0 atom stereocenters. The molecule has 0 radical (unpaired) electrons. The average Bonchev–Trinajstić information content (AvgIpc) is 2.68. The number of halogens is 2. The Kier molecular flexibility index (Phi) is 7.97. The molecule has 0 fully saturated rings. The summed E-state index contributed by atoms with van der Waals surface area (Å²) in [5, 5.41) is 24.9. The van der Waals surface area contributed by atoms with E-state index in [1.807, 2.05) is 0 Å². The van der Waals surface area contributed by atoms with Gasteiger partial charge in [-0.3, -0.25) is 14.9 Å². The number of ether oxygens (including phenoxy) is 2. The first kappa shape index (κ1) is 22.6. The Morgan fingerprint density at radius 2 is 2.00 bits per heavy atom. The van der Waals surface area contributed by atoms with Gasteiger partial charge in [0.15, 0.2) is 23.9 Å². The van der Waals surface area contributed by atoms with Crippen LogP contribution in [0, 0.1) is 17.0 Å². The van der Waals surface area contributed by atoms with E-state index in [1.165, 1.54) is 18.3 Å². The molecule has 0 saturated carbocycles. The number of nitro benzene ring substituents is 1. The van der Waals surface area contributed by atoms with Gasteiger partial charge in [0.1, 0.15) is 0 Å². The average molecular weight is 531 g/mol. The van der Waals surface area contributed by atoms with Gasteiger partial charge >= 0.3 is 5.69 Å². The molecule has 2 N–H and O–H groups in total. The van der Waals surface area contributed by atoms with Crippen LogP contribution < -0.4 is 14.9 Å². The molecule has 0 aliphatic heterocycles. The first-order chi connectivity index (χ1) is 13.7. The van der Waals surface area contributed by atoms with E-state index in [1.54, 1.807) is 26.0 Å². The summed E-state index contributed by atoms with van der Waals surface area (Å²) in [4.78, 5) is 22.4. The van der Waals surface area contributed by atoms with E-state index in [0.29, 0.717) is 26.7 Å². The third-order valence-corrected chi connectivity index (χ3v) is 5.70. The van der Waals surface area contributed by atoms with Crippen molar-refractivity contribution in [2.45, 2.75) is 13.8 Å². The number of aromatic hydroxyl groups is 1. The van der Waals surface area contributed by atoms with Gasteiger partial charge in [-0.1, -0.05) is 6.07 Å². The van der Waals surface area contributed by atoms with Gasteiger partial charge in [-0.2, -0.15) is 5.10 Å². The first-order valence-corrected chi connectivity index (χ1v) is 9.86. The van der Waals surface area contributed by atoms with Gasteiger partial charge in [0, 0.05) is 16.1 Å². The van der Waals surface area contributed by atoms with Crippen LogP contribution >= 0.6 is 31.9 Å². The summed E-state index contributed by atoms with van der Waals surface area (Å²) in [5.74, 6) is -0.417. The number of phenols is 1. The van der Waals surface area contributed by atoms with Crippen molar-refractivity contribution in [2.24, 2.45) is 5.10 Å². The fraction of sp³-hybridized carbons (Fsp3) is 0.222.